The van der Waals surface area contributed by atoms with E-state index in [9.17, 15) is 0 Å². The molecule has 1 aromatic rings. The van der Waals surface area contributed by atoms with E-state index < -0.39 is 0 Å². The highest BCUT2D eigenvalue weighted by Crippen LogP contribution is 2.31. The maximum Gasteiger partial charge on any atom is 0.118 e. The van der Waals surface area contributed by atoms with Crippen molar-refractivity contribution < 1.29 is 9.47 Å². The number of piperidine rings is 1. The van der Waals surface area contributed by atoms with Crippen LogP contribution in [-0.2, 0) is 11.2 Å². The van der Waals surface area contributed by atoms with Crippen LogP contribution in [0.25, 0.3) is 0 Å². The first-order valence-corrected chi connectivity index (χ1v) is 8.17. The van der Waals surface area contributed by atoms with Gasteiger partial charge in [0.15, 0.2) is 0 Å². The molecule has 1 aliphatic carbocycles. The van der Waals surface area contributed by atoms with Gasteiger partial charge in [-0.15, -0.1) is 0 Å². The van der Waals surface area contributed by atoms with Crippen molar-refractivity contribution in [2.24, 2.45) is 11.8 Å². The van der Waals surface area contributed by atoms with Crippen LogP contribution in [0.4, 0.5) is 0 Å². The van der Waals surface area contributed by atoms with Crippen molar-refractivity contribution in [1.29, 1.82) is 0 Å². The molecule has 0 unspecified atom stereocenters. The molecular formula is C18H27NO2. The Hall–Kier alpha value is -1.06. The molecule has 0 aromatic heterocycles. The molecule has 0 N–H and O–H groups in total. The molecule has 2 fully saturated rings. The van der Waals surface area contributed by atoms with Crippen LogP contribution < -0.4 is 4.74 Å². The molecule has 1 saturated heterocycles. The van der Waals surface area contributed by atoms with Gasteiger partial charge >= 0.3 is 0 Å². The summed E-state index contributed by atoms with van der Waals surface area (Å²) >= 11 is 0. The smallest absolute Gasteiger partial charge is 0.118 e. The number of hydrogen-bond acceptors (Lipinski definition) is 3. The fourth-order valence-corrected chi connectivity index (χ4v) is 3.22. The SMILES string of the molecule is COc1ccc(C[C@@H]2CN(C)CC[C@@H]2OCC2CC2)cc1. The quantitative estimate of drug-likeness (QED) is 0.803. The minimum atomic E-state index is 0.434. The third kappa shape index (κ3) is 4.21. The van der Waals surface area contributed by atoms with Crippen LogP contribution >= 0.6 is 0 Å². The van der Waals surface area contributed by atoms with Crippen LogP contribution in [-0.4, -0.2) is 44.9 Å². The van der Waals surface area contributed by atoms with Crippen LogP contribution in [0.2, 0.25) is 0 Å². The zero-order valence-electron chi connectivity index (χ0n) is 13.3. The van der Waals surface area contributed by atoms with Crippen LogP contribution in [0.5, 0.6) is 5.75 Å². The van der Waals surface area contributed by atoms with Crippen molar-refractivity contribution in [1.82, 2.24) is 4.90 Å². The van der Waals surface area contributed by atoms with Crippen LogP contribution in [0.15, 0.2) is 24.3 Å². The molecule has 3 nitrogen and oxygen atoms in total. The van der Waals surface area contributed by atoms with E-state index in [1.807, 2.05) is 0 Å². The zero-order valence-corrected chi connectivity index (χ0v) is 13.3. The van der Waals surface area contributed by atoms with Gasteiger partial charge in [0.1, 0.15) is 5.75 Å². The first kappa shape index (κ1) is 14.9. The van der Waals surface area contributed by atoms with Gasteiger partial charge in [-0.2, -0.15) is 0 Å². The Bertz CT molecular complexity index is 441. The summed E-state index contributed by atoms with van der Waals surface area (Å²) in [4.78, 5) is 2.44. The molecule has 1 heterocycles. The van der Waals surface area contributed by atoms with Crippen molar-refractivity contribution in [3.8, 4) is 5.75 Å². The van der Waals surface area contributed by atoms with Crippen molar-refractivity contribution in [2.45, 2.75) is 31.8 Å². The van der Waals surface area contributed by atoms with Crippen LogP contribution in [0.1, 0.15) is 24.8 Å². The van der Waals surface area contributed by atoms with E-state index in [2.05, 4.69) is 36.2 Å². The number of ether oxygens (including phenoxy) is 2. The van der Waals surface area contributed by atoms with E-state index in [4.69, 9.17) is 9.47 Å². The second-order valence-corrected chi connectivity index (χ2v) is 6.68. The summed E-state index contributed by atoms with van der Waals surface area (Å²) < 4.78 is 11.5. The van der Waals surface area contributed by atoms with Crippen molar-refractivity contribution in [3.63, 3.8) is 0 Å². The molecule has 0 bridgehead atoms. The molecule has 21 heavy (non-hydrogen) atoms. The maximum absolute atomic E-state index is 6.23. The predicted molar refractivity (Wildman–Crippen MR) is 84.8 cm³/mol. The molecule has 0 spiro atoms. The zero-order chi connectivity index (χ0) is 14.7. The average Bonchev–Trinajstić information content (AvgIpc) is 3.31. The van der Waals surface area contributed by atoms with Gasteiger partial charge in [-0.25, -0.2) is 0 Å². The standard InChI is InChI=1S/C18H27NO2/c1-19-10-9-18(21-13-15-3-4-15)16(12-19)11-14-5-7-17(20-2)8-6-14/h5-8,15-16,18H,3-4,9-13H2,1-2H3/t16-,18+/m1/s1. The van der Waals surface area contributed by atoms with Gasteiger partial charge in [-0.1, -0.05) is 12.1 Å². The first-order valence-electron chi connectivity index (χ1n) is 8.17. The van der Waals surface area contributed by atoms with Crippen molar-refractivity contribution >= 4 is 0 Å². The maximum atomic E-state index is 6.23. The summed E-state index contributed by atoms with van der Waals surface area (Å²) in [5.74, 6) is 2.39. The number of methoxy groups -OCH3 is 1. The van der Waals surface area contributed by atoms with Gasteiger partial charge in [0, 0.05) is 25.6 Å². The summed E-state index contributed by atoms with van der Waals surface area (Å²) in [6.45, 7) is 3.28. The third-order valence-corrected chi connectivity index (χ3v) is 4.77. The fourth-order valence-electron chi connectivity index (χ4n) is 3.22. The Balaban J connectivity index is 1.60. The highest BCUT2D eigenvalue weighted by atomic mass is 16.5. The highest BCUT2D eigenvalue weighted by molar-refractivity contribution is 5.27. The van der Waals surface area contributed by atoms with Gasteiger partial charge in [-0.05, 0) is 56.3 Å². The molecule has 3 rings (SSSR count). The Morgan fingerprint density at radius 3 is 2.57 bits per heavy atom. The molecule has 0 radical (unpaired) electrons. The lowest BCUT2D eigenvalue weighted by Gasteiger charge is -2.37. The minimum absolute atomic E-state index is 0.434. The number of rotatable bonds is 6. The normalized spacial score (nSPS) is 26.8. The number of hydrogen-bond donors (Lipinski definition) is 0. The van der Waals surface area contributed by atoms with Gasteiger partial charge in [-0.3, -0.25) is 0 Å². The third-order valence-electron chi connectivity index (χ3n) is 4.77. The highest BCUT2D eigenvalue weighted by Gasteiger charge is 2.30. The van der Waals surface area contributed by atoms with E-state index in [0.717, 1.165) is 37.8 Å². The predicted octanol–water partition coefficient (Wildman–Crippen LogP) is 2.98. The molecule has 116 valence electrons. The number of benzene rings is 1. The summed E-state index contributed by atoms with van der Waals surface area (Å²) in [5, 5.41) is 0. The van der Waals surface area contributed by atoms with Gasteiger partial charge in [0.2, 0.25) is 0 Å². The Morgan fingerprint density at radius 2 is 1.90 bits per heavy atom. The lowest BCUT2D eigenvalue weighted by atomic mass is 9.88. The summed E-state index contributed by atoms with van der Waals surface area (Å²) in [5.41, 5.74) is 1.39. The first-order chi connectivity index (χ1) is 10.2. The van der Waals surface area contributed by atoms with Gasteiger partial charge in [0.25, 0.3) is 0 Å². The molecule has 2 atom stereocenters. The van der Waals surface area contributed by atoms with Crippen LogP contribution in [0, 0.1) is 11.8 Å². The molecule has 1 aliphatic heterocycles. The monoisotopic (exact) mass is 289 g/mol. The minimum Gasteiger partial charge on any atom is -0.497 e. The largest absolute Gasteiger partial charge is 0.497 e. The molecule has 1 saturated carbocycles. The Labute approximate surface area is 128 Å². The molecule has 1 aromatic carbocycles. The molecular weight excluding hydrogens is 262 g/mol. The average molecular weight is 289 g/mol. The molecule has 3 heteroatoms. The molecule has 0 amide bonds. The Kier molecular flexibility index (Phi) is 4.81. The van der Waals surface area contributed by atoms with E-state index in [1.54, 1.807) is 7.11 Å². The fraction of sp³-hybridized carbons (Fsp3) is 0.667. The van der Waals surface area contributed by atoms with E-state index in [1.165, 1.54) is 24.8 Å². The number of nitrogens with zero attached hydrogens (tertiary/aromatic N) is 1. The topological polar surface area (TPSA) is 21.7 Å². The van der Waals surface area contributed by atoms with Crippen LogP contribution in [0.3, 0.4) is 0 Å². The lowest BCUT2D eigenvalue weighted by Crippen LogP contribution is -2.43. The summed E-state index contributed by atoms with van der Waals surface area (Å²) in [6, 6.07) is 8.49. The van der Waals surface area contributed by atoms with E-state index >= 15 is 0 Å². The van der Waals surface area contributed by atoms with Crippen molar-refractivity contribution in [3.05, 3.63) is 29.8 Å². The van der Waals surface area contributed by atoms with Gasteiger partial charge in [0.05, 0.1) is 13.2 Å². The van der Waals surface area contributed by atoms with E-state index in [0.29, 0.717) is 12.0 Å². The summed E-state index contributed by atoms with van der Waals surface area (Å²) in [7, 11) is 3.94. The second-order valence-electron chi connectivity index (χ2n) is 6.68. The number of likely N-dealkylation sites (tertiary alicyclic amines) is 1. The second kappa shape index (κ2) is 6.80. The lowest BCUT2D eigenvalue weighted by molar-refractivity contribution is -0.0324. The molecule has 2 aliphatic rings. The summed E-state index contributed by atoms with van der Waals surface area (Å²) in [6.07, 6.45) is 5.45. The van der Waals surface area contributed by atoms with E-state index in [-0.39, 0.29) is 0 Å². The Morgan fingerprint density at radius 1 is 1.14 bits per heavy atom. The van der Waals surface area contributed by atoms with Crippen molar-refractivity contribution in [2.75, 3.05) is 33.9 Å². The van der Waals surface area contributed by atoms with Gasteiger partial charge < -0.3 is 14.4 Å².